The number of rotatable bonds is 3. The molecular weight excluding hydrogens is 216 g/mol. The molecule has 5 nitrogen and oxygen atoms in total. The molecule has 0 aliphatic carbocycles. The average Bonchev–Trinajstić information content (AvgIpc) is 2.78. The van der Waals surface area contributed by atoms with Crippen LogP contribution in [0.5, 0.6) is 5.75 Å². The lowest BCUT2D eigenvalue weighted by atomic mass is 10.1. The summed E-state index contributed by atoms with van der Waals surface area (Å²) >= 11 is 0. The van der Waals surface area contributed by atoms with Gasteiger partial charge in [0, 0.05) is 5.56 Å². The molecule has 0 fully saturated rings. The maximum absolute atomic E-state index is 8.69. The molecule has 0 aliphatic heterocycles. The van der Waals surface area contributed by atoms with Gasteiger partial charge in [-0.3, -0.25) is 0 Å². The summed E-state index contributed by atoms with van der Waals surface area (Å²) < 4.78 is 6.78. The molecular formula is C12H12N4O. The average molecular weight is 228 g/mol. The second-order valence-electron chi connectivity index (χ2n) is 3.62. The van der Waals surface area contributed by atoms with Crippen molar-refractivity contribution in [3.05, 3.63) is 30.0 Å². The predicted molar refractivity (Wildman–Crippen MR) is 62.4 cm³/mol. The summed E-state index contributed by atoms with van der Waals surface area (Å²) in [5, 5.41) is 16.4. The fraction of sp³-hybridized carbons (Fsp3) is 0.250. The SMILES string of the molecule is COc1ccc(-c2cnnn2CC#N)cc1C. The van der Waals surface area contributed by atoms with E-state index >= 15 is 0 Å². The molecule has 17 heavy (non-hydrogen) atoms. The van der Waals surface area contributed by atoms with Gasteiger partial charge in [-0.1, -0.05) is 5.21 Å². The molecule has 0 bridgehead atoms. The van der Waals surface area contributed by atoms with Crippen LogP contribution in [0, 0.1) is 18.3 Å². The minimum absolute atomic E-state index is 0.195. The van der Waals surface area contributed by atoms with Gasteiger partial charge < -0.3 is 4.74 Å². The molecule has 0 N–H and O–H groups in total. The van der Waals surface area contributed by atoms with Crippen LogP contribution in [0.4, 0.5) is 0 Å². The van der Waals surface area contributed by atoms with Crippen molar-refractivity contribution in [1.29, 1.82) is 5.26 Å². The fourth-order valence-electron chi connectivity index (χ4n) is 1.70. The maximum atomic E-state index is 8.69. The summed E-state index contributed by atoms with van der Waals surface area (Å²) in [5.74, 6) is 0.841. The lowest BCUT2D eigenvalue weighted by Crippen LogP contribution is -2.00. The third-order valence-corrected chi connectivity index (χ3v) is 2.53. The van der Waals surface area contributed by atoms with Crippen molar-refractivity contribution < 1.29 is 4.74 Å². The van der Waals surface area contributed by atoms with Crippen LogP contribution in [0.2, 0.25) is 0 Å². The highest BCUT2D eigenvalue weighted by Crippen LogP contribution is 2.25. The Labute approximate surface area is 99.2 Å². The van der Waals surface area contributed by atoms with Gasteiger partial charge in [-0.2, -0.15) is 5.26 Å². The van der Waals surface area contributed by atoms with Gasteiger partial charge >= 0.3 is 0 Å². The zero-order chi connectivity index (χ0) is 12.3. The monoisotopic (exact) mass is 228 g/mol. The summed E-state index contributed by atoms with van der Waals surface area (Å²) in [4.78, 5) is 0. The third kappa shape index (κ3) is 2.11. The van der Waals surface area contributed by atoms with Crippen LogP contribution in [0.15, 0.2) is 24.4 Å². The van der Waals surface area contributed by atoms with E-state index in [9.17, 15) is 0 Å². The number of aromatic nitrogens is 3. The molecule has 0 amide bonds. The van der Waals surface area contributed by atoms with E-state index in [0.717, 1.165) is 22.6 Å². The van der Waals surface area contributed by atoms with Crippen molar-refractivity contribution in [2.45, 2.75) is 13.5 Å². The van der Waals surface area contributed by atoms with Gasteiger partial charge in [0.2, 0.25) is 0 Å². The van der Waals surface area contributed by atoms with Gasteiger partial charge in [-0.05, 0) is 30.7 Å². The molecule has 0 unspecified atom stereocenters. The summed E-state index contributed by atoms with van der Waals surface area (Å²) in [6.45, 7) is 2.17. The molecule has 1 heterocycles. The topological polar surface area (TPSA) is 63.7 Å². The lowest BCUT2D eigenvalue weighted by Gasteiger charge is -2.07. The number of hydrogen-bond donors (Lipinski definition) is 0. The van der Waals surface area contributed by atoms with E-state index in [0.29, 0.717) is 0 Å². The second kappa shape index (κ2) is 4.66. The smallest absolute Gasteiger partial charge is 0.130 e. The number of hydrogen-bond acceptors (Lipinski definition) is 4. The van der Waals surface area contributed by atoms with Crippen molar-refractivity contribution in [1.82, 2.24) is 15.0 Å². The minimum atomic E-state index is 0.195. The Bertz CT molecular complexity index is 568. The van der Waals surface area contributed by atoms with Gasteiger partial charge in [0.25, 0.3) is 0 Å². The van der Waals surface area contributed by atoms with Crippen molar-refractivity contribution in [3.8, 4) is 23.1 Å². The van der Waals surface area contributed by atoms with Crippen LogP contribution in [0.3, 0.4) is 0 Å². The molecule has 2 aromatic rings. The highest BCUT2D eigenvalue weighted by molar-refractivity contribution is 5.61. The van der Waals surface area contributed by atoms with Gasteiger partial charge in [0.1, 0.15) is 12.3 Å². The first-order valence-electron chi connectivity index (χ1n) is 5.16. The Morgan fingerprint density at radius 1 is 1.47 bits per heavy atom. The maximum Gasteiger partial charge on any atom is 0.130 e. The number of nitriles is 1. The van der Waals surface area contributed by atoms with Gasteiger partial charge in [0.15, 0.2) is 0 Å². The van der Waals surface area contributed by atoms with E-state index in [1.807, 2.05) is 25.1 Å². The Morgan fingerprint density at radius 3 is 2.94 bits per heavy atom. The van der Waals surface area contributed by atoms with Crippen molar-refractivity contribution in [3.63, 3.8) is 0 Å². The van der Waals surface area contributed by atoms with Crippen molar-refractivity contribution >= 4 is 0 Å². The quantitative estimate of drug-likeness (QED) is 0.803. The number of aryl methyl sites for hydroxylation is 1. The molecule has 0 radical (unpaired) electrons. The molecule has 0 atom stereocenters. The van der Waals surface area contributed by atoms with Crippen LogP contribution >= 0.6 is 0 Å². The first-order chi connectivity index (χ1) is 8.26. The summed E-state index contributed by atoms with van der Waals surface area (Å²) in [6, 6.07) is 7.87. The van der Waals surface area contributed by atoms with Gasteiger partial charge in [-0.25, -0.2) is 4.68 Å². The van der Waals surface area contributed by atoms with Crippen molar-refractivity contribution in [2.24, 2.45) is 0 Å². The molecule has 86 valence electrons. The van der Waals surface area contributed by atoms with Crippen LogP contribution in [0.25, 0.3) is 11.3 Å². The van der Waals surface area contributed by atoms with E-state index < -0.39 is 0 Å². The van der Waals surface area contributed by atoms with Crippen molar-refractivity contribution in [2.75, 3.05) is 7.11 Å². The van der Waals surface area contributed by atoms with Crippen LogP contribution in [-0.2, 0) is 6.54 Å². The zero-order valence-electron chi connectivity index (χ0n) is 9.71. The largest absolute Gasteiger partial charge is 0.496 e. The number of ether oxygens (including phenoxy) is 1. The van der Waals surface area contributed by atoms with Crippen LogP contribution in [0.1, 0.15) is 5.56 Å². The summed E-state index contributed by atoms with van der Waals surface area (Å²) in [5.41, 5.74) is 2.84. The van der Waals surface area contributed by atoms with Gasteiger partial charge in [0.05, 0.1) is 25.1 Å². The summed E-state index contributed by atoms with van der Waals surface area (Å²) in [6.07, 6.45) is 1.65. The second-order valence-corrected chi connectivity index (χ2v) is 3.62. The summed E-state index contributed by atoms with van der Waals surface area (Å²) in [7, 11) is 1.64. The Hall–Kier alpha value is -2.35. The van der Waals surface area contributed by atoms with Crippen LogP contribution in [-0.4, -0.2) is 22.1 Å². The van der Waals surface area contributed by atoms with E-state index in [4.69, 9.17) is 10.00 Å². The number of methoxy groups -OCH3 is 1. The fourth-order valence-corrected chi connectivity index (χ4v) is 1.70. The number of benzene rings is 1. The molecule has 0 aliphatic rings. The van der Waals surface area contributed by atoms with E-state index in [-0.39, 0.29) is 6.54 Å². The highest BCUT2D eigenvalue weighted by atomic mass is 16.5. The van der Waals surface area contributed by atoms with E-state index in [1.165, 1.54) is 0 Å². The Balaban J connectivity index is 2.43. The standard InChI is InChI=1S/C12H12N4O/c1-9-7-10(3-4-12(9)17-2)11-8-14-15-16(11)6-5-13/h3-4,7-8H,6H2,1-2H3. The van der Waals surface area contributed by atoms with Crippen LogP contribution < -0.4 is 4.74 Å². The molecule has 1 aromatic carbocycles. The molecule has 0 saturated carbocycles. The van der Waals surface area contributed by atoms with E-state index in [1.54, 1.807) is 18.0 Å². The highest BCUT2D eigenvalue weighted by Gasteiger charge is 2.08. The molecule has 5 heteroatoms. The third-order valence-electron chi connectivity index (χ3n) is 2.53. The van der Waals surface area contributed by atoms with Gasteiger partial charge in [-0.15, -0.1) is 5.10 Å². The molecule has 1 aromatic heterocycles. The zero-order valence-corrected chi connectivity index (χ0v) is 9.71. The minimum Gasteiger partial charge on any atom is -0.496 e. The normalized spacial score (nSPS) is 9.94. The lowest BCUT2D eigenvalue weighted by molar-refractivity contribution is 0.412. The Kier molecular flexibility index (Phi) is 3.06. The van der Waals surface area contributed by atoms with E-state index in [2.05, 4.69) is 16.4 Å². The number of nitrogens with zero attached hydrogens (tertiary/aromatic N) is 4. The molecule has 0 saturated heterocycles. The predicted octanol–water partition coefficient (Wildman–Crippen LogP) is 1.79. The Morgan fingerprint density at radius 2 is 2.29 bits per heavy atom. The first-order valence-corrected chi connectivity index (χ1v) is 5.16. The molecule has 0 spiro atoms. The molecule has 2 rings (SSSR count). The first kappa shape index (κ1) is 11.1.